The van der Waals surface area contributed by atoms with Crippen molar-refractivity contribution in [2.24, 2.45) is 11.1 Å². The summed E-state index contributed by atoms with van der Waals surface area (Å²) in [6.45, 7) is 3.44. The van der Waals surface area contributed by atoms with E-state index in [4.69, 9.17) is 15.2 Å². The lowest BCUT2D eigenvalue weighted by Gasteiger charge is -2.57. The largest absolute Gasteiger partial charge is 0.490 e. The number of nitrogens with two attached hydrogens (primary N) is 1. The lowest BCUT2D eigenvalue weighted by Crippen LogP contribution is -2.58. The number of hydrogen-bond acceptors (Lipinski definition) is 6. The molecule has 44 heavy (non-hydrogen) atoms. The van der Waals surface area contributed by atoms with Gasteiger partial charge in [-0.1, -0.05) is 24.3 Å². The summed E-state index contributed by atoms with van der Waals surface area (Å²) < 4.78 is 39.9. The van der Waals surface area contributed by atoms with E-state index < -0.39 is 17.9 Å². The third kappa shape index (κ3) is 6.10. The smallest absolute Gasteiger partial charge is 0.263 e. The molecule has 0 aliphatic heterocycles. The molecule has 0 unspecified atom stereocenters. The van der Waals surface area contributed by atoms with Crippen molar-refractivity contribution >= 4 is 17.3 Å². The molecule has 0 radical (unpaired) electrons. The number of hydrogen-bond donors (Lipinski definition) is 3. The van der Waals surface area contributed by atoms with Gasteiger partial charge in [-0.25, -0.2) is 13.3 Å². The average molecular weight is 605 g/mol. The van der Waals surface area contributed by atoms with Crippen LogP contribution in [0.25, 0.3) is 16.6 Å². The van der Waals surface area contributed by atoms with Gasteiger partial charge >= 0.3 is 0 Å². The number of aromatic nitrogens is 2. The Hall–Kier alpha value is -4.51. The van der Waals surface area contributed by atoms with E-state index in [1.165, 1.54) is 18.3 Å². The Kier molecular flexibility index (Phi) is 7.53. The van der Waals surface area contributed by atoms with Crippen LogP contribution in [0.2, 0.25) is 0 Å². The number of amides is 2. The van der Waals surface area contributed by atoms with Gasteiger partial charge in [0.25, 0.3) is 18.2 Å². The van der Waals surface area contributed by atoms with Crippen LogP contribution in [0, 0.1) is 5.41 Å². The van der Waals surface area contributed by atoms with E-state index in [0.717, 1.165) is 25.7 Å². The first-order chi connectivity index (χ1) is 20.9. The Bertz CT molecular complexity index is 1720. The van der Waals surface area contributed by atoms with Crippen molar-refractivity contribution in [3.63, 3.8) is 0 Å². The van der Waals surface area contributed by atoms with Gasteiger partial charge in [-0.05, 0) is 86.4 Å². The van der Waals surface area contributed by atoms with Gasteiger partial charge in [0.1, 0.15) is 18.1 Å². The molecule has 11 heteroatoms. The number of ether oxygens (including phenoxy) is 2. The maximum Gasteiger partial charge on any atom is 0.263 e. The van der Waals surface area contributed by atoms with Gasteiger partial charge in [0, 0.05) is 11.6 Å². The molecule has 6 rings (SSSR count). The van der Waals surface area contributed by atoms with Crippen LogP contribution in [-0.4, -0.2) is 50.9 Å². The third-order valence-corrected chi connectivity index (χ3v) is 8.35. The molecule has 2 saturated carbocycles. The van der Waals surface area contributed by atoms with Gasteiger partial charge in [-0.15, -0.1) is 0 Å². The average Bonchev–Trinajstić information content (AvgIpc) is 3.36. The molecule has 9 nitrogen and oxygen atoms in total. The monoisotopic (exact) mass is 604 g/mol. The first kappa shape index (κ1) is 29.6. The van der Waals surface area contributed by atoms with Crippen LogP contribution in [0.1, 0.15) is 72.2 Å². The van der Waals surface area contributed by atoms with E-state index in [1.807, 2.05) is 0 Å². The number of rotatable bonds is 10. The molecule has 2 amide bonds. The molecule has 0 saturated heterocycles. The predicted octanol–water partition coefficient (Wildman–Crippen LogP) is 5.31. The minimum Gasteiger partial charge on any atom is -0.490 e. The van der Waals surface area contributed by atoms with Crippen molar-refractivity contribution < 1.29 is 33.0 Å². The summed E-state index contributed by atoms with van der Waals surface area (Å²) in [4.78, 5) is 25.1. The zero-order valence-electron chi connectivity index (χ0n) is 24.4. The van der Waals surface area contributed by atoms with E-state index in [1.54, 1.807) is 67.0 Å². The van der Waals surface area contributed by atoms with Crippen LogP contribution in [-0.2, 0) is 0 Å². The van der Waals surface area contributed by atoms with Crippen molar-refractivity contribution in [1.82, 2.24) is 14.9 Å². The lowest BCUT2D eigenvalue weighted by atomic mass is 9.53. The van der Waals surface area contributed by atoms with Gasteiger partial charge in [0.15, 0.2) is 0 Å². The van der Waals surface area contributed by atoms with Gasteiger partial charge in [0.05, 0.1) is 40.7 Å². The van der Waals surface area contributed by atoms with Crippen LogP contribution in [0.3, 0.4) is 0 Å². The van der Waals surface area contributed by atoms with Crippen molar-refractivity contribution in [2.45, 2.75) is 63.7 Å². The summed E-state index contributed by atoms with van der Waals surface area (Å²) in [6.07, 6.45) is 3.66. The summed E-state index contributed by atoms with van der Waals surface area (Å²) in [7, 11) is 0. The quantitative estimate of drug-likeness (QED) is 0.225. The van der Waals surface area contributed by atoms with E-state index >= 15 is 0 Å². The Balaban J connectivity index is 1.05. The fourth-order valence-electron chi connectivity index (χ4n) is 6.20. The zero-order valence-corrected chi connectivity index (χ0v) is 24.4. The van der Waals surface area contributed by atoms with Gasteiger partial charge in [-0.2, -0.15) is 5.10 Å². The topological polar surface area (TPSA) is 128 Å². The summed E-state index contributed by atoms with van der Waals surface area (Å²) >= 11 is 0. The minimum absolute atomic E-state index is 0.0272. The number of primary amides is 1. The lowest BCUT2D eigenvalue weighted by molar-refractivity contribution is -0.0834. The highest BCUT2D eigenvalue weighted by atomic mass is 19.3. The van der Waals surface area contributed by atoms with Gasteiger partial charge < -0.3 is 25.6 Å². The molecule has 4 N–H and O–H groups in total. The number of nitrogens with zero attached hydrogens (tertiary/aromatic N) is 2. The van der Waals surface area contributed by atoms with Crippen molar-refractivity contribution in [1.29, 1.82) is 0 Å². The number of alkyl halides is 2. The molecular formula is C33H34F2N4O5. The Labute approximate surface area is 253 Å². The molecule has 2 aromatic carbocycles. The second kappa shape index (κ2) is 11.2. The minimum atomic E-state index is -2.59. The highest BCUT2D eigenvalue weighted by molar-refractivity contribution is 6.01. The maximum absolute atomic E-state index is 13.2. The summed E-state index contributed by atoms with van der Waals surface area (Å²) in [5, 5.41) is 17.3. The Morgan fingerprint density at radius 1 is 1.09 bits per heavy atom. The van der Waals surface area contributed by atoms with E-state index in [9.17, 15) is 23.5 Å². The first-order valence-electron chi connectivity index (χ1n) is 14.5. The molecular weight excluding hydrogens is 570 g/mol. The highest BCUT2D eigenvalue weighted by Gasteiger charge is 2.54. The van der Waals surface area contributed by atoms with E-state index in [-0.39, 0.29) is 41.2 Å². The van der Waals surface area contributed by atoms with Crippen LogP contribution < -0.4 is 20.5 Å². The normalized spacial score (nSPS) is 21.1. The Morgan fingerprint density at radius 2 is 1.84 bits per heavy atom. The Morgan fingerprint density at radius 3 is 2.55 bits per heavy atom. The van der Waals surface area contributed by atoms with Crippen LogP contribution in [0.5, 0.6) is 11.5 Å². The van der Waals surface area contributed by atoms with Gasteiger partial charge in [-0.3, -0.25) is 9.59 Å². The van der Waals surface area contributed by atoms with Crippen molar-refractivity contribution in [3.8, 4) is 22.6 Å². The first-order valence-corrected chi connectivity index (χ1v) is 14.5. The second-order valence-electron chi connectivity index (χ2n) is 12.6. The van der Waals surface area contributed by atoms with Crippen molar-refractivity contribution in [3.05, 3.63) is 83.7 Å². The van der Waals surface area contributed by atoms with Crippen molar-refractivity contribution in [2.75, 3.05) is 6.61 Å². The third-order valence-electron chi connectivity index (χ3n) is 8.35. The molecule has 2 heterocycles. The SMILES string of the molecule is CC(C)(O)COc1ccc2c(C(=O)NC3CC4(C3)CC(Oc3cc(-c5cccc(C(F)F)c5)ccc3C(N)=O)C4)cnn2c1. The number of halogens is 2. The van der Waals surface area contributed by atoms with E-state index in [0.29, 0.717) is 33.7 Å². The fourth-order valence-corrected chi connectivity index (χ4v) is 6.20. The number of carbonyl (C=O) groups excluding carboxylic acids is 2. The second-order valence-corrected chi connectivity index (χ2v) is 12.6. The molecule has 2 aliphatic carbocycles. The fraction of sp³-hybridized carbons (Fsp3) is 0.364. The number of benzene rings is 2. The molecule has 0 bridgehead atoms. The number of aliphatic hydroxyl groups is 1. The molecule has 2 fully saturated rings. The maximum atomic E-state index is 13.2. The molecule has 2 aliphatic rings. The molecule has 230 valence electrons. The van der Waals surface area contributed by atoms with Crippen LogP contribution >= 0.6 is 0 Å². The van der Waals surface area contributed by atoms with Crippen LogP contribution in [0.4, 0.5) is 8.78 Å². The number of pyridine rings is 1. The number of carbonyl (C=O) groups is 2. The summed E-state index contributed by atoms with van der Waals surface area (Å²) in [6, 6.07) is 14.6. The molecule has 2 aromatic heterocycles. The predicted molar refractivity (Wildman–Crippen MR) is 159 cm³/mol. The molecule has 1 spiro atoms. The summed E-state index contributed by atoms with van der Waals surface area (Å²) in [5.41, 5.74) is 7.20. The highest BCUT2D eigenvalue weighted by Crippen LogP contribution is 2.57. The van der Waals surface area contributed by atoms with Gasteiger partial charge in [0.2, 0.25) is 0 Å². The standard InChI is InChI=1S/C33H34F2N4O5/c1-32(2,42)18-43-23-7-9-27-26(16-37-39(27)17-23)31(41)38-22-12-33(13-22)14-24(15-33)44-28-11-20(6-8-25(28)30(36)40)19-4-3-5-21(10-19)29(34)35/h3-11,16-17,22,24,29,42H,12-15,18H2,1-2H3,(H2,36,40)(H,38,41). The zero-order chi connectivity index (χ0) is 31.2. The summed E-state index contributed by atoms with van der Waals surface area (Å²) in [5.74, 6) is 0.0472. The van der Waals surface area contributed by atoms with E-state index in [2.05, 4.69) is 10.4 Å². The molecule has 4 aromatic rings. The van der Waals surface area contributed by atoms with Crippen LogP contribution in [0.15, 0.2) is 67.0 Å². The number of fused-ring (bicyclic) bond motifs is 1. The molecule has 0 atom stereocenters. The number of nitrogens with one attached hydrogen (secondary N) is 1.